The van der Waals surface area contributed by atoms with Gasteiger partial charge in [-0.1, -0.05) is 30.3 Å². The summed E-state index contributed by atoms with van der Waals surface area (Å²) in [6, 6.07) is 9.12. The van der Waals surface area contributed by atoms with Crippen LogP contribution in [0.15, 0.2) is 36.4 Å². The predicted molar refractivity (Wildman–Crippen MR) is 147 cm³/mol. The minimum Gasteiger partial charge on any atom is -0.481 e. The third-order valence-corrected chi connectivity index (χ3v) is 6.13. The van der Waals surface area contributed by atoms with Crippen LogP contribution in [-0.2, 0) is 24.0 Å². The number of rotatable bonds is 14. The van der Waals surface area contributed by atoms with E-state index in [2.05, 4.69) is 20.6 Å². The normalized spacial score (nSPS) is 14.0. The number of carboxylic acid groups (broad SMARTS) is 2. The number of carbonyl (C=O) groups excluding carboxylic acids is 3. The molecular formula is C27H34N6O9. The van der Waals surface area contributed by atoms with Crippen molar-refractivity contribution in [3.63, 3.8) is 0 Å². The number of ether oxygens (including phenoxy) is 1. The van der Waals surface area contributed by atoms with Crippen molar-refractivity contribution in [2.75, 3.05) is 44.6 Å². The SMILES string of the molecule is CCOC(=O)ON1CCN(C(=O)[C@H](CCC(=O)O)NC(=O)c2cc(NCCCC(=O)O)nc(-c3ccccc3)n2)CC1. The molecule has 2 heterocycles. The van der Waals surface area contributed by atoms with Gasteiger partial charge in [0.15, 0.2) is 5.82 Å². The van der Waals surface area contributed by atoms with Gasteiger partial charge in [0.2, 0.25) is 5.91 Å². The zero-order valence-electron chi connectivity index (χ0n) is 23.2. The van der Waals surface area contributed by atoms with Crippen LogP contribution in [0.25, 0.3) is 11.4 Å². The number of hydrogen-bond donors (Lipinski definition) is 4. The molecule has 15 nitrogen and oxygen atoms in total. The van der Waals surface area contributed by atoms with Crippen molar-refractivity contribution in [1.29, 1.82) is 0 Å². The molecule has 0 spiro atoms. The lowest BCUT2D eigenvalue weighted by molar-refractivity contribution is -0.157. The van der Waals surface area contributed by atoms with Crippen LogP contribution in [0.5, 0.6) is 0 Å². The molecule has 3 rings (SSSR count). The van der Waals surface area contributed by atoms with E-state index in [1.807, 2.05) is 6.07 Å². The summed E-state index contributed by atoms with van der Waals surface area (Å²) in [6.07, 6.45) is -1.09. The van der Waals surface area contributed by atoms with Crippen LogP contribution in [0, 0.1) is 0 Å². The van der Waals surface area contributed by atoms with Gasteiger partial charge in [0, 0.05) is 44.1 Å². The van der Waals surface area contributed by atoms with Crippen molar-refractivity contribution in [1.82, 2.24) is 25.2 Å². The first-order valence-corrected chi connectivity index (χ1v) is 13.5. The molecule has 1 aromatic carbocycles. The van der Waals surface area contributed by atoms with Crippen LogP contribution in [0.2, 0.25) is 0 Å². The van der Waals surface area contributed by atoms with Crippen molar-refractivity contribution in [3.05, 3.63) is 42.1 Å². The van der Waals surface area contributed by atoms with Crippen LogP contribution < -0.4 is 10.6 Å². The van der Waals surface area contributed by atoms with E-state index in [9.17, 15) is 29.1 Å². The number of anilines is 1. The molecule has 0 aliphatic carbocycles. The van der Waals surface area contributed by atoms with Crippen LogP contribution >= 0.6 is 0 Å². The molecular weight excluding hydrogens is 552 g/mol. The Hall–Kier alpha value is -4.79. The van der Waals surface area contributed by atoms with E-state index in [4.69, 9.17) is 14.7 Å². The second kappa shape index (κ2) is 15.9. The average molecular weight is 587 g/mol. The summed E-state index contributed by atoms with van der Waals surface area (Å²) in [5, 5.41) is 25.1. The number of nitrogens with zero attached hydrogens (tertiary/aromatic N) is 4. The lowest BCUT2D eigenvalue weighted by Gasteiger charge is -2.35. The number of hydrogen-bond acceptors (Lipinski definition) is 11. The number of piperazine rings is 1. The summed E-state index contributed by atoms with van der Waals surface area (Å²) < 4.78 is 4.75. The molecule has 1 aromatic heterocycles. The standard InChI is InChI=1S/C27H34N6O9/c1-2-41-27(40)42-33-15-13-32(14-16-33)26(39)19(10-11-23(36)37)30-25(38)20-17-21(28-12-6-9-22(34)35)31-24(29-20)18-7-4-3-5-8-18/h3-5,7-8,17,19H,2,6,9-16H2,1H3,(H,30,38)(H,34,35)(H,36,37)(H,28,29,31)/t19-/m0/s1. The number of hydroxylamine groups is 2. The molecule has 1 atom stereocenters. The maximum absolute atomic E-state index is 13.4. The van der Waals surface area contributed by atoms with Gasteiger partial charge < -0.3 is 35.3 Å². The van der Waals surface area contributed by atoms with Crippen LogP contribution in [0.4, 0.5) is 10.6 Å². The fourth-order valence-corrected chi connectivity index (χ4v) is 4.05. The minimum atomic E-state index is -1.16. The lowest BCUT2D eigenvalue weighted by atomic mass is 10.1. The van der Waals surface area contributed by atoms with Gasteiger partial charge in [-0.15, -0.1) is 5.06 Å². The quantitative estimate of drug-likeness (QED) is 0.184. The molecule has 1 aliphatic rings. The number of carboxylic acids is 2. The summed E-state index contributed by atoms with van der Waals surface area (Å²) in [5.41, 5.74) is 0.563. The smallest absolute Gasteiger partial charge is 0.481 e. The summed E-state index contributed by atoms with van der Waals surface area (Å²) in [5.74, 6) is -2.74. The molecule has 0 bridgehead atoms. The van der Waals surface area contributed by atoms with E-state index in [0.29, 0.717) is 12.0 Å². The van der Waals surface area contributed by atoms with Crippen LogP contribution in [0.1, 0.15) is 43.1 Å². The first-order chi connectivity index (χ1) is 20.2. The highest BCUT2D eigenvalue weighted by molar-refractivity contribution is 5.97. The van der Waals surface area contributed by atoms with Crippen molar-refractivity contribution in [2.24, 2.45) is 0 Å². The summed E-state index contributed by atoms with van der Waals surface area (Å²) in [6.45, 7) is 2.84. The highest BCUT2D eigenvalue weighted by Crippen LogP contribution is 2.19. The fraction of sp³-hybridized carbons (Fsp3) is 0.444. The Balaban J connectivity index is 1.75. The number of benzene rings is 1. The Bertz CT molecular complexity index is 1250. The molecule has 4 N–H and O–H groups in total. The van der Waals surface area contributed by atoms with E-state index in [1.165, 1.54) is 16.0 Å². The maximum Gasteiger partial charge on any atom is 0.527 e. The highest BCUT2D eigenvalue weighted by atomic mass is 16.8. The monoisotopic (exact) mass is 586 g/mol. The zero-order chi connectivity index (χ0) is 30.5. The van der Waals surface area contributed by atoms with E-state index >= 15 is 0 Å². The number of nitrogens with one attached hydrogen (secondary N) is 2. The largest absolute Gasteiger partial charge is 0.527 e. The molecule has 1 saturated heterocycles. The van der Waals surface area contributed by atoms with Crippen molar-refractivity contribution < 1.29 is 43.8 Å². The molecule has 0 saturated carbocycles. The number of aromatic nitrogens is 2. The summed E-state index contributed by atoms with van der Waals surface area (Å²) >= 11 is 0. The third-order valence-electron chi connectivity index (χ3n) is 6.13. The van der Waals surface area contributed by atoms with E-state index in [1.54, 1.807) is 31.2 Å². The van der Waals surface area contributed by atoms with Gasteiger partial charge in [0.1, 0.15) is 17.6 Å². The zero-order valence-corrected chi connectivity index (χ0v) is 23.2. The van der Waals surface area contributed by atoms with E-state index in [-0.39, 0.29) is 75.9 Å². The Morgan fingerprint density at radius 1 is 0.976 bits per heavy atom. The molecule has 1 fully saturated rings. The number of carbonyl (C=O) groups is 5. The van der Waals surface area contributed by atoms with Crippen LogP contribution in [-0.4, -0.2) is 105 Å². The Kier molecular flexibility index (Phi) is 12.0. The Morgan fingerprint density at radius 2 is 1.67 bits per heavy atom. The van der Waals surface area contributed by atoms with Gasteiger partial charge in [0.05, 0.1) is 19.7 Å². The van der Waals surface area contributed by atoms with Gasteiger partial charge in [-0.05, 0) is 19.8 Å². The van der Waals surface area contributed by atoms with Crippen molar-refractivity contribution in [3.8, 4) is 11.4 Å². The molecule has 1 aliphatic heterocycles. The van der Waals surface area contributed by atoms with Gasteiger partial charge in [-0.2, -0.15) is 0 Å². The molecule has 2 amide bonds. The highest BCUT2D eigenvalue weighted by Gasteiger charge is 2.31. The topological polar surface area (TPSA) is 201 Å². The van der Waals surface area contributed by atoms with Gasteiger partial charge in [0.25, 0.3) is 5.91 Å². The first-order valence-electron chi connectivity index (χ1n) is 13.5. The Morgan fingerprint density at radius 3 is 2.31 bits per heavy atom. The van der Waals surface area contributed by atoms with E-state index in [0.717, 1.165) is 0 Å². The van der Waals surface area contributed by atoms with Crippen molar-refractivity contribution in [2.45, 2.75) is 38.6 Å². The predicted octanol–water partition coefficient (Wildman–Crippen LogP) is 1.62. The van der Waals surface area contributed by atoms with E-state index < -0.39 is 36.0 Å². The molecule has 42 heavy (non-hydrogen) atoms. The molecule has 226 valence electrons. The summed E-state index contributed by atoms with van der Waals surface area (Å²) in [4.78, 5) is 75.8. The molecule has 2 aromatic rings. The first kappa shape index (κ1) is 31.7. The maximum atomic E-state index is 13.4. The number of amides is 2. The van der Waals surface area contributed by atoms with Crippen molar-refractivity contribution >= 4 is 35.7 Å². The lowest BCUT2D eigenvalue weighted by Crippen LogP contribution is -2.55. The second-order valence-corrected chi connectivity index (χ2v) is 9.24. The van der Waals surface area contributed by atoms with Gasteiger partial charge in [-0.25, -0.2) is 14.8 Å². The fourth-order valence-electron chi connectivity index (χ4n) is 4.05. The molecule has 0 radical (unpaired) electrons. The molecule has 15 heteroatoms. The molecule has 0 unspecified atom stereocenters. The Labute approximate surface area is 241 Å². The summed E-state index contributed by atoms with van der Waals surface area (Å²) in [7, 11) is 0. The minimum absolute atomic E-state index is 0.0481. The third kappa shape index (κ3) is 9.99. The number of aliphatic carboxylic acids is 2. The van der Waals surface area contributed by atoms with Crippen LogP contribution in [0.3, 0.4) is 0 Å². The van der Waals surface area contributed by atoms with Gasteiger partial charge in [-0.3, -0.25) is 19.2 Å². The van der Waals surface area contributed by atoms with Gasteiger partial charge >= 0.3 is 18.1 Å². The average Bonchev–Trinajstić information content (AvgIpc) is 2.97. The second-order valence-electron chi connectivity index (χ2n) is 9.24.